The van der Waals surface area contributed by atoms with E-state index in [0.717, 1.165) is 19.2 Å². The van der Waals surface area contributed by atoms with E-state index in [1.807, 2.05) is 13.8 Å². The Bertz CT molecular complexity index is 439. The average Bonchev–Trinajstić information content (AvgIpc) is 2.38. The van der Waals surface area contributed by atoms with Crippen LogP contribution in [0, 0.1) is 11.6 Å². The summed E-state index contributed by atoms with van der Waals surface area (Å²) in [6, 6.07) is 3.37. The third-order valence-electron chi connectivity index (χ3n) is 3.99. The van der Waals surface area contributed by atoms with Gasteiger partial charge in [-0.05, 0) is 31.5 Å². The zero-order valence-corrected chi connectivity index (χ0v) is 11.9. The lowest BCUT2D eigenvalue weighted by Gasteiger charge is -2.43. The fourth-order valence-corrected chi connectivity index (χ4v) is 2.55. The normalized spacial score (nSPS) is 19.1. The van der Waals surface area contributed by atoms with Crippen molar-refractivity contribution in [2.24, 2.45) is 0 Å². The Labute approximate surface area is 118 Å². The van der Waals surface area contributed by atoms with Gasteiger partial charge in [0.05, 0.1) is 19.3 Å². The molecule has 0 aliphatic carbocycles. The van der Waals surface area contributed by atoms with Gasteiger partial charge in [0.25, 0.3) is 0 Å². The molecule has 1 unspecified atom stereocenters. The van der Waals surface area contributed by atoms with Crippen LogP contribution in [0.25, 0.3) is 0 Å². The topological polar surface area (TPSA) is 32.7 Å². The zero-order chi connectivity index (χ0) is 14.8. The third kappa shape index (κ3) is 3.53. The van der Waals surface area contributed by atoms with E-state index in [0.29, 0.717) is 18.8 Å². The first-order valence-electron chi connectivity index (χ1n) is 6.85. The first kappa shape index (κ1) is 15.4. The van der Waals surface area contributed by atoms with Crippen molar-refractivity contribution in [3.8, 4) is 0 Å². The second-order valence-corrected chi connectivity index (χ2v) is 5.75. The van der Waals surface area contributed by atoms with E-state index in [4.69, 9.17) is 4.74 Å². The molecule has 3 nitrogen and oxygen atoms in total. The van der Waals surface area contributed by atoms with Gasteiger partial charge in [-0.15, -0.1) is 0 Å². The molecule has 1 aromatic rings. The number of morpholine rings is 1. The fraction of sp³-hybridized carbons (Fsp3) is 0.600. The molecule has 0 radical (unpaired) electrons. The minimum Gasteiger partial charge on any atom is -0.391 e. The van der Waals surface area contributed by atoms with Crippen LogP contribution in [-0.4, -0.2) is 48.0 Å². The second kappa shape index (κ2) is 6.16. The van der Waals surface area contributed by atoms with Crippen LogP contribution in [-0.2, 0) is 11.2 Å². The predicted molar refractivity (Wildman–Crippen MR) is 72.5 cm³/mol. The Morgan fingerprint density at radius 1 is 1.20 bits per heavy atom. The highest BCUT2D eigenvalue weighted by Gasteiger charge is 2.35. The zero-order valence-electron chi connectivity index (χ0n) is 11.9. The molecule has 1 aliphatic heterocycles. The van der Waals surface area contributed by atoms with Crippen molar-refractivity contribution in [3.05, 3.63) is 35.4 Å². The summed E-state index contributed by atoms with van der Waals surface area (Å²) < 4.78 is 31.7. The van der Waals surface area contributed by atoms with Crippen molar-refractivity contribution in [1.82, 2.24) is 4.90 Å². The van der Waals surface area contributed by atoms with Crippen molar-refractivity contribution in [1.29, 1.82) is 0 Å². The molecular formula is C15H21F2NO2. The van der Waals surface area contributed by atoms with Crippen LogP contribution in [0.2, 0.25) is 0 Å². The molecule has 20 heavy (non-hydrogen) atoms. The van der Waals surface area contributed by atoms with E-state index < -0.39 is 23.3 Å². The molecule has 0 bridgehead atoms. The van der Waals surface area contributed by atoms with Crippen molar-refractivity contribution >= 4 is 0 Å². The average molecular weight is 285 g/mol. The largest absolute Gasteiger partial charge is 0.391 e. The predicted octanol–water partition coefficient (Wildman–Crippen LogP) is 1.98. The summed E-state index contributed by atoms with van der Waals surface area (Å²) in [6.45, 7) is 6.68. The van der Waals surface area contributed by atoms with Crippen LogP contribution in [0.3, 0.4) is 0 Å². The van der Waals surface area contributed by atoms with Gasteiger partial charge in [0.1, 0.15) is 11.6 Å². The van der Waals surface area contributed by atoms with E-state index in [2.05, 4.69) is 4.90 Å². The molecule has 0 aromatic heterocycles. The number of aliphatic hydroxyl groups is 1. The van der Waals surface area contributed by atoms with E-state index in [-0.39, 0.29) is 6.42 Å². The first-order valence-corrected chi connectivity index (χ1v) is 6.85. The summed E-state index contributed by atoms with van der Waals surface area (Å²) in [5.74, 6) is -1.23. The van der Waals surface area contributed by atoms with Gasteiger partial charge < -0.3 is 9.84 Å². The molecule has 1 N–H and O–H groups in total. The first-order chi connectivity index (χ1) is 9.39. The Hall–Kier alpha value is -1.04. The van der Waals surface area contributed by atoms with Gasteiger partial charge in [0, 0.05) is 31.1 Å². The smallest absolute Gasteiger partial charge is 0.126 e. The molecule has 5 heteroatoms. The number of halogens is 2. The molecule has 1 fully saturated rings. The third-order valence-corrected chi connectivity index (χ3v) is 3.99. The quantitative estimate of drug-likeness (QED) is 0.918. The highest BCUT2D eigenvalue weighted by Crippen LogP contribution is 2.23. The highest BCUT2D eigenvalue weighted by atomic mass is 19.1. The van der Waals surface area contributed by atoms with Crippen LogP contribution in [0.5, 0.6) is 0 Å². The number of aliphatic hydroxyl groups excluding tert-OH is 1. The van der Waals surface area contributed by atoms with Crippen LogP contribution < -0.4 is 0 Å². The molecule has 1 heterocycles. The number of rotatable bonds is 4. The summed E-state index contributed by atoms with van der Waals surface area (Å²) in [7, 11) is 0. The lowest BCUT2D eigenvalue weighted by molar-refractivity contribution is -0.0612. The summed E-state index contributed by atoms with van der Waals surface area (Å²) in [4.78, 5) is 2.15. The van der Waals surface area contributed by atoms with Crippen molar-refractivity contribution in [2.75, 3.05) is 26.3 Å². The van der Waals surface area contributed by atoms with Crippen molar-refractivity contribution < 1.29 is 18.6 Å². The molecule has 1 saturated heterocycles. The maximum absolute atomic E-state index is 13.2. The number of hydrogen-bond donors (Lipinski definition) is 1. The van der Waals surface area contributed by atoms with Crippen LogP contribution in [0.4, 0.5) is 8.78 Å². The molecule has 2 rings (SSSR count). The van der Waals surface area contributed by atoms with Gasteiger partial charge in [-0.25, -0.2) is 8.78 Å². The molecule has 1 aliphatic rings. The fourth-order valence-electron chi connectivity index (χ4n) is 2.55. The van der Waals surface area contributed by atoms with Gasteiger partial charge in [0.2, 0.25) is 0 Å². The van der Waals surface area contributed by atoms with E-state index >= 15 is 0 Å². The van der Waals surface area contributed by atoms with Crippen LogP contribution >= 0.6 is 0 Å². The molecular weight excluding hydrogens is 264 g/mol. The number of hydrogen-bond acceptors (Lipinski definition) is 3. The Morgan fingerprint density at radius 3 is 2.30 bits per heavy atom. The SMILES string of the molecule is CC(C)(C(O)Cc1cc(F)cc(F)c1)N1CCOCC1. The number of ether oxygens (including phenoxy) is 1. The van der Waals surface area contributed by atoms with Crippen LogP contribution in [0.1, 0.15) is 19.4 Å². The molecule has 0 spiro atoms. The Balaban J connectivity index is 2.07. The number of nitrogens with zero attached hydrogens (tertiary/aromatic N) is 1. The highest BCUT2D eigenvalue weighted by molar-refractivity contribution is 5.19. The van der Waals surface area contributed by atoms with Crippen molar-refractivity contribution in [2.45, 2.75) is 31.9 Å². The molecule has 112 valence electrons. The van der Waals surface area contributed by atoms with Gasteiger partial charge >= 0.3 is 0 Å². The molecule has 1 atom stereocenters. The summed E-state index contributed by atoms with van der Waals surface area (Å²) in [5.41, 5.74) is 0.00313. The van der Waals surface area contributed by atoms with E-state index in [9.17, 15) is 13.9 Å². The van der Waals surface area contributed by atoms with Crippen LogP contribution in [0.15, 0.2) is 18.2 Å². The van der Waals surface area contributed by atoms with Gasteiger partial charge in [0.15, 0.2) is 0 Å². The second-order valence-electron chi connectivity index (χ2n) is 5.75. The Kier molecular flexibility index (Phi) is 4.73. The van der Waals surface area contributed by atoms with E-state index in [1.54, 1.807) is 0 Å². The maximum Gasteiger partial charge on any atom is 0.126 e. The van der Waals surface area contributed by atoms with Gasteiger partial charge in [-0.1, -0.05) is 0 Å². The molecule has 0 amide bonds. The lowest BCUT2D eigenvalue weighted by Crippen LogP contribution is -2.56. The summed E-state index contributed by atoms with van der Waals surface area (Å²) in [5, 5.41) is 10.4. The monoisotopic (exact) mass is 285 g/mol. The Morgan fingerprint density at radius 2 is 1.75 bits per heavy atom. The number of benzene rings is 1. The minimum atomic E-state index is -0.707. The lowest BCUT2D eigenvalue weighted by atomic mass is 9.89. The minimum absolute atomic E-state index is 0.221. The standard InChI is InChI=1S/C15H21F2NO2/c1-15(2,18-3-5-20-6-4-18)14(19)9-11-7-12(16)10-13(17)8-11/h7-8,10,14,19H,3-6,9H2,1-2H3. The molecule has 0 saturated carbocycles. The van der Waals surface area contributed by atoms with Gasteiger partial charge in [-0.2, -0.15) is 0 Å². The molecule has 1 aromatic carbocycles. The summed E-state index contributed by atoms with van der Waals surface area (Å²) >= 11 is 0. The maximum atomic E-state index is 13.2. The van der Waals surface area contributed by atoms with Gasteiger partial charge in [-0.3, -0.25) is 4.90 Å². The summed E-state index contributed by atoms with van der Waals surface area (Å²) in [6.07, 6.45) is -0.485. The van der Waals surface area contributed by atoms with Crippen molar-refractivity contribution in [3.63, 3.8) is 0 Å². The van der Waals surface area contributed by atoms with E-state index in [1.165, 1.54) is 12.1 Å².